The molecule has 136 valence electrons. The lowest BCUT2D eigenvalue weighted by Gasteiger charge is -2.36. The van der Waals surface area contributed by atoms with E-state index >= 15 is 0 Å². The first-order valence-electron chi connectivity index (χ1n) is 8.67. The monoisotopic (exact) mass is 361 g/mol. The molecule has 1 saturated heterocycles. The maximum Gasteiger partial charge on any atom is 0.128 e. The molecule has 6 heteroatoms. The Balaban J connectivity index is 0.00000225. The van der Waals surface area contributed by atoms with Gasteiger partial charge in [-0.15, -0.1) is 12.4 Å². The number of halogens is 1. The fraction of sp³-hybridized carbons (Fsp3) is 0.474. The van der Waals surface area contributed by atoms with Crippen LogP contribution in [-0.4, -0.2) is 47.6 Å². The zero-order valence-corrected chi connectivity index (χ0v) is 16.0. The van der Waals surface area contributed by atoms with Crippen molar-refractivity contribution in [3.05, 3.63) is 54.0 Å². The third kappa shape index (κ3) is 4.91. The second kappa shape index (κ2) is 9.13. The van der Waals surface area contributed by atoms with Gasteiger partial charge in [0.15, 0.2) is 0 Å². The third-order valence-corrected chi connectivity index (χ3v) is 4.78. The summed E-state index contributed by atoms with van der Waals surface area (Å²) in [5, 5.41) is 3.50. The van der Waals surface area contributed by atoms with Crippen LogP contribution in [0.25, 0.3) is 0 Å². The van der Waals surface area contributed by atoms with Crippen LogP contribution in [-0.2, 0) is 6.54 Å². The van der Waals surface area contributed by atoms with Crippen molar-refractivity contribution in [3.8, 4) is 0 Å². The van der Waals surface area contributed by atoms with Gasteiger partial charge < -0.3 is 10.2 Å². The van der Waals surface area contributed by atoms with Crippen molar-refractivity contribution in [1.82, 2.24) is 20.2 Å². The number of anilines is 1. The summed E-state index contributed by atoms with van der Waals surface area (Å²) >= 11 is 0. The molecule has 0 saturated carbocycles. The maximum absolute atomic E-state index is 4.64. The molecule has 3 heterocycles. The molecule has 1 N–H and O–H groups in total. The molecular weight excluding hydrogens is 334 g/mol. The molecule has 0 radical (unpaired) electrons. The van der Waals surface area contributed by atoms with E-state index in [0.717, 1.165) is 32.0 Å². The number of rotatable bonds is 5. The summed E-state index contributed by atoms with van der Waals surface area (Å²) in [5.74, 6) is 1.03. The summed E-state index contributed by atoms with van der Waals surface area (Å²) in [6, 6.07) is 9.39. The summed E-state index contributed by atoms with van der Waals surface area (Å²) < 4.78 is 0. The van der Waals surface area contributed by atoms with E-state index in [1.165, 1.54) is 11.1 Å². The van der Waals surface area contributed by atoms with Crippen molar-refractivity contribution >= 4 is 18.2 Å². The first-order valence-corrected chi connectivity index (χ1v) is 8.67. The number of piperazine rings is 1. The van der Waals surface area contributed by atoms with Crippen LogP contribution in [0.5, 0.6) is 0 Å². The first kappa shape index (κ1) is 19.6. The van der Waals surface area contributed by atoms with Gasteiger partial charge in [-0.3, -0.25) is 9.88 Å². The second-order valence-electron chi connectivity index (χ2n) is 6.70. The molecule has 0 bridgehead atoms. The Bertz CT molecular complexity index is 632. The summed E-state index contributed by atoms with van der Waals surface area (Å²) in [7, 11) is 2.09. The van der Waals surface area contributed by atoms with E-state index in [0.29, 0.717) is 12.1 Å². The third-order valence-electron chi connectivity index (χ3n) is 4.78. The van der Waals surface area contributed by atoms with Gasteiger partial charge in [0.05, 0.1) is 0 Å². The van der Waals surface area contributed by atoms with Gasteiger partial charge in [0.2, 0.25) is 0 Å². The smallest absolute Gasteiger partial charge is 0.128 e. The molecule has 2 aromatic heterocycles. The van der Waals surface area contributed by atoms with Crippen molar-refractivity contribution in [1.29, 1.82) is 0 Å². The minimum atomic E-state index is 0. The maximum atomic E-state index is 4.64. The summed E-state index contributed by atoms with van der Waals surface area (Å²) in [6.45, 7) is 8.33. The largest absolute Gasteiger partial charge is 0.357 e. The van der Waals surface area contributed by atoms with Crippen molar-refractivity contribution in [2.24, 2.45) is 0 Å². The Kier molecular flexibility index (Phi) is 7.17. The normalized spacial score (nSPS) is 18.0. The number of hydrogen-bond donors (Lipinski definition) is 1. The Morgan fingerprint density at radius 2 is 2.00 bits per heavy atom. The fourth-order valence-corrected chi connectivity index (χ4v) is 3.07. The molecule has 1 aliphatic heterocycles. The highest BCUT2D eigenvalue weighted by molar-refractivity contribution is 5.85. The molecule has 0 aliphatic carbocycles. The topological polar surface area (TPSA) is 44.3 Å². The molecule has 1 aliphatic rings. The van der Waals surface area contributed by atoms with Gasteiger partial charge in [0, 0.05) is 63.9 Å². The van der Waals surface area contributed by atoms with E-state index in [2.05, 4.69) is 70.2 Å². The minimum Gasteiger partial charge on any atom is -0.357 e. The number of hydrogen-bond acceptors (Lipinski definition) is 5. The van der Waals surface area contributed by atoms with Gasteiger partial charge in [0.1, 0.15) is 5.82 Å². The molecule has 1 fully saturated rings. The average Bonchev–Trinajstić information content (AvgIpc) is 2.63. The SMILES string of the molecule is CC(C)N(C)c1ccc(CN2CCNCC2c2ccncc2)cn1.Cl. The second-order valence-corrected chi connectivity index (χ2v) is 6.70. The summed E-state index contributed by atoms with van der Waals surface area (Å²) in [6.07, 6.45) is 5.76. The van der Waals surface area contributed by atoms with E-state index in [1.807, 2.05) is 18.6 Å². The predicted molar refractivity (Wildman–Crippen MR) is 105 cm³/mol. The van der Waals surface area contributed by atoms with E-state index in [-0.39, 0.29) is 12.4 Å². The van der Waals surface area contributed by atoms with Crippen LogP contribution in [0, 0.1) is 0 Å². The average molecular weight is 362 g/mol. The number of nitrogens with one attached hydrogen (secondary N) is 1. The molecule has 5 nitrogen and oxygen atoms in total. The molecule has 0 amide bonds. The lowest BCUT2D eigenvalue weighted by Crippen LogP contribution is -2.45. The van der Waals surface area contributed by atoms with Crippen LogP contribution in [0.4, 0.5) is 5.82 Å². The van der Waals surface area contributed by atoms with Gasteiger partial charge in [-0.1, -0.05) is 6.07 Å². The van der Waals surface area contributed by atoms with Crippen LogP contribution in [0.1, 0.15) is 31.0 Å². The summed E-state index contributed by atoms with van der Waals surface area (Å²) in [5.41, 5.74) is 2.58. The van der Waals surface area contributed by atoms with E-state index in [9.17, 15) is 0 Å². The molecule has 25 heavy (non-hydrogen) atoms. The molecule has 1 atom stereocenters. The fourth-order valence-electron chi connectivity index (χ4n) is 3.07. The number of aromatic nitrogens is 2. The Hall–Kier alpha value is -1.69. The highest BCUT2D eigenvalue weighted by atomic mass is 35.5. The van der Waals surface area contributed by atoms with Crippen LogP contribution >= 0.6 is 12.4 Å². The van der Waals surface area contributed by atoms with Crippen LogP contribution < -0.4 is 10.2 Å². The molecule has 0 aromatic carbocycles. The molecule has 0 spiro atoms. The van der Waals surface area contributed by atoms with Crippen LogP contribution in [0.2, 0.25) is 0 Å². The quantitative estimate of drug-likeness (QED) is 0.887. The minimum absolute atomic E-state index is 0. The van der Waals surface area contributed by atoms with E-state index in [4.69, 9.17) is 0 Å². The van der Waals surface area contributed by atoms with Crippen molar-refractivity contribution in [3.63, 3.8) is 0 Å². The highest BCUT2D eigenvalue weighted by Gasteiger charge is 2.23. The molecular formula is C19H28ClN5. The highest BCUT2D eigenvalue weighted by Crippen LogP contribution is 2.24. The van der Waals surface area contributed by atoms with Crippen molar-refractivity contribution in [2.45, 2.75) is 32.5 Å². The summed E-state index contributed by atoms with van der Waals surface area (Å²) in [4.78, 5) is 13.5. The zero-order valence-electron chi connectivity index (χ0n) is 15.2. The van der Waals surface area contributed by atoms with Gasteiger partial charge in [-0.05, 0) is 43.2 Å². The number of pyridine rings is 2. The van der Waals surface area contributed by atoms with Gasteiger partial charge in [-0.2, -0.15) is 0 Å². The molecule has 2 aromatic rings. The lowest BCUT2D eigenvalue weighted by molar-refractivity contribution is 0.153. The lowest BCUT2D eigenvalue weighted by atomic mass is 10.0. The van der Waals surface area contributed by atoms with Crippen molar-refractivity contribution < 1.29 is 0 Å². The molecule has 3 rings (SSSR count). The molecule has 1 unspecified atom stereocenters. The Labute approximate surface area is 156 Å². The first-order chi connectivity index (χ1) is 11.6. The van der Waals surface area contributed by atoms with Crippen LogP contribution in [0.15, 0.2) is 42.9 Å². The number of nitrogens with zero attached hydrogens (tertiary/aromatic N) is 4. The predicted octanol–water partition coefficient (Wildman–Crippen LogP) is 2.89. The van der Waals surface area contributed by atoms with Gasteiger partial charge in [0.25, 0.3) is 0 Å². The standard InChI is InChI=1S/C19H27N5.ClH/c1-15(2)23(3)19-5-4-16(12-22-19)14-24-11-10-21-13-18(24)17-6-8-20-9-7-17;/h4-9,12,15,18,21H,10-11,13-14H2,1-3H3;1H. The van der Waals surface area contributed by atoms with Gasteiger partial charge in [-0.25, -0.2) is 4.98 Å². The van der Waals surface area contributed by atoms with Gasteiger partial charge >= 0.3 is 0 Å². The van der Waals surface area contributed by atoms with Crippen molar-refractivity contribution in [2.75, 3.05) is 31.6 Å². The van der Waals surface area contributed by atoms with Crippen LogP contribution in [0.3, 0.4) is 0 Å². The van der Waals surface area contributed by atoms with E-state index < -0.39 is 0 Å². The van der Waals surface area contributed by atoms with E-state index in [1.54, 1.807) is 0 Å². The zero-order chi connectivity index (χ0) is 16.9. The Morgan fingerprint density at radius 3 is 2.64 bits per heavy atom. The Morgan fingerprint density at radius 1 is 1.24 bits per heavy atom.